The first kappa shape index (κ1) is 19.8. The van der Waals surface area contributed by atoms with Crippen LogP contribution >= 0.6 is 0 Å². The molecule has 1 atom stereocenters. The number of hydrogen-bond acceptors (Lipinski definition) is 3. The molecule has 0 saturated heterocycles. The Morgan fingerprint density at radius 3 is 2.46 bits per heavy atom. The van der Waals surface area contributed by atoms with Crippen LogP contribution in [-0.2, 0) is 9.53 Å². The molecule has 0 heterocycles. The average molecular weight is 356 g/mol. The van der Waals surface area contributed by atoms with Gasteiger partial charge in [-0.2, -0.15) is 0 Å². The minimum Gasteiger partial charge on any atom is -0.444 e. The Bertz CT molecular complexity index is 765. The normalized spacial score (nSPS) is 12.5. The lowest BCUT2D eigenvalue weighted by Crippen LogP contribution is -2.33. The topological polar surface area (TPSA) is 67.4 Å². The first-order chi connectivity index (χ1) is 12.2. The molecule has 0 aliphatic rings. The number of rotatable bonds is 6. The van der Waals surface area contributed by atoms with Gasteiger partial charge in [0.2, 0.25) is 5.91 Å². The van der Waals surface area contributed by atoms with E-state index in [1.807, 2.05) is 45.9 Å². The first-order valence-electron chi connectivity index (χ1n) is 8.99. The second kappa shape index (κ2) is 8.70. The molecule has 0 bridgehead atoms. The Kier molecular flexibility index (Phi) is 6.61. The van der Waals surface area contributed by atoms with E-state index in [1.54, 1.807) is 0 Å². The molecule has 26 heavy (non-hydrogen) atoms. The molecule has 5 heteroatoms. The van der Waals surface area contributed by atoms with Crippen LogP contribution in [-0.4, -0.2) is 24.1 Å². The number of nitrogens with one attached hydrogen (secondary N) is 2. The fraction of sp³-hybridized carbons (Fsp3) is 0.429. The summed E-state index contributed by atoms with van der Waals surface area (Å²) in [6, 6.07) is 14.3. The molecule has 1 unspecified atom stereocenters. The van der Waals surface area contributed by atoms with Crippen LogP contribution in [0.25, 0.3) is 10.8 Å². The van der Waals surface area contributed by atoms with Gasteiger partial charge in [0.15, 0.2) is 0 Å². The van der Waals surface area contributed by atoms with E-state index in [9.17, 15) is 9.59 Å². The summed E-state index contributed by atoms with van der Waals surface area (Å²) in [5.74, 6) is -0.0309. The molecule has 2 aromatic carbocycles. The van der Waals surface area contributed by atoms with E-state index in [-0.39, 0.29) is 11.9 Å². The molecule has 2 rings (SSSR count). The Labute approximate surface area is 155 Å². The van der Waals surface area contributed by atoms with Gasteiger partial charge in [0, 0.05) is 13.0 Å². The lowest BCUT2D eigenvalue weighted by molar-refractivity contribution is -0.121. The zero-order chi connectivity index (χ0) is 19.2. The molecule has 5 nitrogen and oxygen atoms in total. The van der Waals surface area contributed by atoms with Crippen molar-refractivity contribution in [3.63, 3.8) is 0 Å². The summed E-state index contributed by atoms with van der Waals surface area (Å²) in [6.07, 6.45) is 0.464. The summed E-state index contributed by atoms with van der Waals surface area (Å²) in [6.45, 7) is 7.82. The predicted octanol–water partition coefficient (Wildman–Crippen LogP) is 4.32. The van der Waals surface area contributed by atoms with Crippen LogP contribution in [0, 0.1) is 0 Å². The molecule has 0 aromatic heterocycles. The average Bonchev–Trinajstić information content (AvgIpc) is 2.56. The number of hydrogen-bond donors (Lipinski definition) is 2. The van der Waals surface area contributed by atoms with E-state index in [2.05, 4.69) is 34.9 Å². The number of carbonyl (C=O) groups excluding carboxylic acids is 2. The fourth-order valence-electron chi connectivity index (χ4n) is 2.63. The number of carbonyl (C=O) groups is 2. The highest BCUT2D eigenvalue weighted by atomic mass is 16.6. The van der Waals surface area contributed by atoms with E-state index in [4.69, 9.17) is 4.74 Å². The molecular weight excluding hydrogens is 328 g/mol. The Hall–Kier alpha value is -2.56. The van der Waals surface area contributed by atoms with Crippen LogP contribution in [0.2, 0.25) is 0 Å². The van der Waals surface area contributed by atoms with E-state index >= 15 is 0 Å². The quantitative estimate of drug-likeness (QED) is 0.757. The van der Waals surface area contributed by atoms with Gasteiger partial charge in [-0.25, -0.2) is 4.79 Å². The standard InChI is InChI=1S/C21H28N2O3/c1-15(17-12-11-16-8-5-6-9-18(16)14-17)23-19(24)10-7-13-22-20(25)26-21(2,3)4/h5-6,8-9,11-12,14-15H,7,10,13H2,1-4H3,(H,22,25)(H,23,24). The molecule has 2 aromatic rings. The number of amides is 2. The Morgan fingerprint density at radius 1 is 1.08 bits per heavy atom. The van der Waals surface area contributed by atoms with Gasteiger partial charge in [0.1, 0.15) is 5.60 Å². The number of fused-ring (bicyclic) bond motifs is 1. The van der Waals surface area contributed by atoms with Crippen LogP contribution < -0.4 is 10.6 Å². The Balaban J connectivity index is 1.75. The monoisotopic (exact) mass is 356 g/mol. The van der Waals surface area contributed by atoms with Crippen molar-refractivity contribution in [2.45, 2.75) is 52.2 Å². The summed E-state index contributed by atoms with van der Waals surface area (Å²) >= 11 is 0. The van der Waals surface area contributed by atoms with E-state index < -0.39 is 11.7 Å². The zero-order valence-electron chi connectivity index (χ0n) is 16.0. The minimum absolute atomic E-state index is 0.0309. The van der Waals surface area contributed by atoms with Gasteiger partial charge in [-0.05, 0) is 56.5 Å². The van der Waals surface area contributed by atoms with Gasteiger partial charge in [0.25, 0.3) is 0 Å². The third kappa shape index (κ3) is 6.39. The highest BCUT2D eigenvalue weighted by Gasteiger charge is 2.15. The maximum absolute atomic E-state index is 12.1. The SMILES string of the molecule is CC(NC(=O)CCCNC(=O)OC(C)(C)C)c1ccc2ccccc2c1. The van der Waals surface area contributed by atoms with Gasteiger partial charge in [-0.3, -0.25) is 4.79 Å². The predicted molar refractivity (Wildman–Crippen MR) is 104 cm³/mol. The number of ether oxygens (including phenoxy) is 1. The highest BCUT2D eigenvalue weighted by molar-refractivity contribution is 5.83. The largest absolute Gasteiger partial charge is 0.444 e. The third-order valence-electron chi connectivity index (χ3n) is 3.90. The highest BCUT2D eigenvalue weighted by Crippen LogP contribution is 2.20. The van der Waals surface area contributed by atoms with Crippen LogP contribution in [0.4, 0.5) is 4.79 Å². The summed E-state index contributed by atoms with van der Waals surface area (Å²) in [7, 11) is 0. The van der Waals surface area contributed by atoms with Crippen molar-refractivity contribution in [2.24, 2.45) is 0 Å². The molecule has 0 saturated carbocycles. The smallest absolute Gasteiger partial charge is 0.407 e. The summed E-state index contributed by atoms with van der Waals surface area (Å²) in [5.41, 5.74) is 0.556. The van der Waals surface area contributed by atoms with Crippen molar-refractivity contribution in [2.75, 3.05) is 6.54 Å². The zero-order valence-corrected chi connectivity index (χ0v) is 16.0. The fourth-order valence-corrected chi connectivity index (χ4v) is 2.63. The van der Waals surface area contributed by atoms with Gasteiger partial charge < -0.3 is 15.4 Å². The van der Waals surface area contributed by atoms with Crippen LogP contribution in [0.5, 0.6) is 0 Å². The van der Waals surface area contributed by atoms with Crippen molar-refractivity contribution in [3.05, 3.63) is 48.0 Å². The molecule has 0 aliphatic carbocycles. The molecule has 0 fully saturated rings. The van der Waals surface area contributed by atoms with Crippen molar-refractivity contribution in [1.29, 1.82) is 0 Å². The van der Waals surface area contributed by atoms with Crippen LogP contribution in [0.15, 0.2) is 42.5 Å². The first-order valence-corrected chi connectivity index (χ1v) is 8.99. The number of alkyl carbamates (subject to hydrolysis) is 1. The van der Waals surface area contributed by atoms with E-state index in [1.165, 1.54) is 5.39 Å². The van der Waals surface area contributed by atoms with Crippen LogP contribution in [0.3, 0.4) is 0 Å². The molecule has 0 spiro atoms. The molecule has 2 N–H and O–H groups in total. The molecule has 140 valence electrons. The molecule has 0 radical (unpaired) electrons. The summed E-state index contributed by atoms with van der Waals surface area (Å²) < 4.78 is 5.15. The van der Waals surface area contributed by atoms with Crippen LogP contribution in [0.1, 0.15) is 52.1 Å². The maximum atomic E-state index is 12.1. The van der Waals surface area contributed by atoms with Crippen molar-refractivity contribution in [1.82, 2.24) is 10.6 Å². The summed E-state index contributed by atoms with van der Waals surface area (Å²) in [4.78, 5) is 23.6. The third-order valence-corrected chi connectivity index (χ3v) is 3.90. The van der Waals surface area contributed by atoms with E-state index in [0.29, 0.717) is 19.4 Å². The Morgan fingerprint density at radius 2 is 1.77 bits per heavy atom. The van der Waals surface area contributed by atoms with Gasteiger partial charge in [-0.1, -0.05) is 36.4 Å². The second-order valence-corrected chi connectivity index (χ2v) is 7.43. The molecular formula is C21H28N2O3. The summed E-state index contributed by atoms with van der Waals surface area (Å²) in [5, 5.41) is 8.01. The van der Waals surface area contributed by atoms with Crippen molar-refractivity contribution >= 4 is 22.8 Å². The lowest BCUT2D eigenvalue weighted by atomic mass is 10.0. The maximum Gasteiger partial charge on any atom is 0.407 e. The van der Waals surface area contributed by atoms with Crippen molar-refractivity contribution < 1.29 is 14.3 Å². The second-order valence-electron chi connectivity index (χ2n) is 7.43. The minimum atomic E-state index is -0.517. The van der Waals surface area contributed by atoms with Crippen molar-refractivity contribution in [3.8, 4) is 0 Å². The molecule has 2 amide bonds. The van der Waals surface area contributed by atoms with Gasteiger partial charge in [-0.15, -0.1) is 0 Å². The van der Waals surface area contributed by atoms with E-state index in [0.717, 1.165) is 10.9 Å². The molecule has 0 aliphatic heterocycles. The van der Waals surface area contributed by atoms with Gasteiger partial charge >= 0.3 is 6.09 Å². The number of benzene rings is 2. The lowest BCUT2D eigenvalue weighted by Gasteiger charge is -2.19. The van der Waals surface area contributed by atoms with Gasteiger partial charge in [0.05, 0.1) is 6.04 Å².